The van der Waals surface area contributed by atoms with Crippen LogP contribution in [-0.2, 0) is 6.61 Å². The first kappa shape index (κ1) is 9.76. The highest BCUT2D eigenvalue weighted by Gasteiger charge is 2.05. The fourth-order valence-corrected chi connectivity index (χ4v) is 1.99. The summed E-state index contributed by atoms with van der Waals surface area (Å²) in [7, 11) is 0. The Hall–Kier alpha value is -0.780. The molecule has 0 radical (unpaired) electrons. The number of hydrogen-bond acceptors (Lipinski definition) is 4. The number of benzene rings is 1. The van der Waals surface area contributed by atoms with Crippen LogP contribution in [0.2, 0.25) is 0 Å². The molecule has 0 aliphatic carbocycles. The van der Waals surface area contributed by atoms with Crippen LogP contribution in [0.3, 0.4) is 0 Å². The molecule has 3 nitrogen and oxygen atoms in total. The lowest BCUT2D eigenvalue weighted by molar-refractivity contribution is 0.281. The van der Waals surface area contributed by atoms with Gasteiger partial charge in [-0.25, -0.2) is 4.98 Å². The maximum atomic E-state index is 8.85. The van der Waals surface area contributed by atoms with Gasteiger partial charge in [0, 0.05) is 10.0 Å². The Labute approximate surface area is 93.7 Å². The van der Waals surface area contributed by atoms with E-state index in [2.05, 4.69) is 25.3 Å². The Kier molecular flexibility index (Phi) is 2.90. The fraction of sp³-hybridized carbons (Fsp3) is 0.111. The molecular formula is C9H7BrN2OS. The molecule has 0 aliphatic heterocycles. The van der Waals surface area contributed by atoms with E-state index >= 15 is 0 Å². The summed E-state index contributed by atoms with van der Waals surface area (Å²) < 4.78 is 5.14. The SMILES string of the molecule is OCc1nc(-c2cccc(Br)c2)ns1. The van der Waals surface area contributed by atoms with Gasteiger partial charge in [0.05, 0.1) is 6.61 Å². The fourth-order valence-electron chi connectivity index (χ4n) is 1.06. The van der Waals surface area contributed by atoms with Crippen molar-refractivity contribution in [2.45, 2.75) is 6.61 Å². The molecule has 0 bridgehead atoms. The Bertz CT molecular complexity index is 444. The van der Waals surface area contributed by atoms with Gasteiger partial charge >= 0.3 is 0 Å². The van der Waals surface area contributed by atoms with Gasteiger partial charge in [-0.15, -0.1) is 0 Å². The third kappa shape index (κ3) is 2.00. The third-order valence-electron chi connectivity index (χ3n) is 1.69. The quantitative estimate of drug-likeness (QED) is 0.912. The normalized spacial score (nSPS) is 10.4. The topological polar surface area (TPSA) is 46.0 Å². The molecule has 0 saturated carbocycles. The van der Waals surface area contributed by atoms with E-state index in [4.69, 9.17) is 5.11 Å². The van der Waals surface area contributed by atoms with Gasteiger partial charge in [0.2, 0.25) is 0 Å². The van der Waals surface area contributed by atoms with Crippen molar-refractivity contribution in [3.63, 3.8) is 0 Å². The number of aliphatic hydroxyl groups is 1. The summed E-state index contributed by atoms with van der Waals surface area (Å²) in [5.74, 6) is 0.667. The van der Waals surface area contributed by atoms with E-state index in [0.717, 1.165) is 10.0 Å². The molecule has 0 fully saturated rings. The average Bonchev–Trinajstić information content (AvgIpc) is 2.66. The van der Waals surface area contributed by atoms with Crippen LogP contribution in [0.1, 0.15) is 5.01 Å². The van der Waals surface area contributed by atoms with Gasteiger partial charge in [0.25, 0.3) is 0 Å². The van der Waals surface area contributed by atoms with Crippen molar-refractivity contribution in [2.24, 2.45) is 0 Å². The molecule has 0 amide bonds. The first-order valence-electron chi connectivity index (χ1n) is 3.99. The van der Waals surface area contributed by atoms with Crippen molar-refractivity contribution in [3.8, 4) is 11.4 Å². The van der Waals surface area contributed by atoms with Crippen LogP contribution in [0.4, 0.5) is 0 Å². The van der Waals surface area contributed by atoms with Crippen molar-refractivity contribution < 1.29 is 5.11 Å². The summed E-state index contributed by atoms with van der Waals surface area (Å²) in [6, 6.07) is 7.76. The minimum atomic E-state index is -0.0499. The van der Waals surface area contributed by atoms with Gasteiger partial charge in [0.15, 0.2) is 5.82 Å². The summed E-state index contributed by atoms with van der Waals surface area (Å²) in [5.41, 5.74) is 0.954. The van der Waals surface area contributed by atoms with E-state index in [-0.39, 0.29) is 6.61 Å². The largest absolute Gasteiger partial charge is 0.389 e. The van der Waals surface area contributed by atoms with E-state index in [1.165, 1.54) is 11.5 Å². The Morgan fingerprint density at radius 2 is 2.29 bits per heavy atom. The highest BCUT2D eigenvalue weighted by atomic mass is 79.9. The zero-order valence-corrected chi connectivity index (χ0v) is 9.55. The van der Waals surface area contributed by atoms with Gasteiger partial charge in [0.1, 0.15) is 5.01 Å². The molecule has 5 heteroatoms. The number of halogens is 1. The van der Waals surface area contributed by atoms with Crippen molar-refractivity contribution in [2.75, 3.05) is 0 Å². The monoisotopic (exact) mass is 270 g/mol. The molecule has 0 saturated heterocycles. The molecular weight excluding hydrogens is 264 g/mol. The summed E-state index contributed by atoms with van der Waals surface area (Å²) in [4.78, 5) is 4.18. The number of aromatic nitrogens is 2. The second-order valence-corrected chi connectivity index (χ2v) is 4.43. The minimum absolute atomic E-state index is 0.0499. The van der Waals surface area contributed by atoms with Crippen LogP contribution in [0, 0.1) is 0 Å². The second-order valence-electron chi connectivity index (χ2n) is 2.68. The zero-order valence-electron chi connectivity index (χ0n) is 7.14. The lowest BCUT2D eigenvalue weighted by Crippen LogP contribution is -1.82. The molecule has 2 rings (SSSR count). The first-order valence-corrected chi connectivity index (χ1v) is 5.55. The highest BCUT2D eigenvalue weighted by molar-refractivity contribution is 9.10. The van der Waals surface area contributed by atoms with Gasteiger partial charge in [-0.2, -0.15) is 4.37 Å². The molecule has 0 aliphatic rings. The molecule has 1 aromatic heterocycles. The number of nitrogens with zero attached hydrogens (tertiary/aromatic N) is 2. The Balaban J connectivity index is 2.39. The summed E-state index contributed by atoms with van der Waals surface area (Å²) in [6.07, 6.45) is 0. The Morgan fingerprint density at radius 1 is 1.43 bits per heavy atom. The van der Waals surface area contributed by atoms with E-state index < -0.39 is 0 Å². The number of rotatable bonds is 2. The molecule has 2 aromatic rings. The molecule has 0 spiro atoms. The maximum absolute atomic E-state index is 8.85. The van der Waals surface area contributed by atoms with E-state index in [1.54, 1.807) is 0 Å². The first-order chi connectivity index (χ1) is 6.79. The van der Waals surface area contributed by atoms with E-state index in [9.17, 15) is 0 Å². The van der Waals surface area contributed by atoms with E-state index in [1.807, 2.05) is 24.3 Å². The summed E-state index contributed by atoms with van der Waals surface area (Å²) in [5, 5.41) is 9.49. The van der Waals surface area contributed by atoms with Crippen molar-refractivity contribution in [3.05, 3.63) is 33.7 Å². The minimum Gasteiger partial charge on any atom is -0.389 e. The Morgan fingerprint density at radius 3 is 2.93 bits per heavy atom. The predicted octanol–water partition coefficient (Wildman–Crippen LogP) is 2.46. The van der Waals surface area contributed by atoms with Crippen LogP contribution < -0.4 is 0 Å². The molecule has 1 heterocycles. The van der Waals surface area contributed by atoms with Crippen molar-refractivity contribution in [1.82, 2.24) is 9.36 Å². The van der Waals surface area contributed by atoms with Crippen LogP contribution in [0.15, 0.2) is 28.7 Å². The van der Waals surface area contributed by atoms with Crippen molar-refractivity contribution >= 4 is 27.5 Å². The summed E-state index contributed by atoms with van der Waals surface area (Å²) in [6.45, 7) is -0.0499. The highest BCUT2D eigenvalue weighted by Crippen LogP contribution is 2.21. The lowest BCUT2D eigenvalue weighted by Gasteiger charge is -1.94. The summed E-state index contributed by atoms with van der Waals surface area (Å²) >= 11 is 4.61. The molecule has 14 heavy (non-hydrogen) atoms. The lowest BCUT2D eigenvalue weighted by atomic mass is 10.2. The molecule has 1 N–H and O–H groups in total. The van der Waals surface area contributed by atoms with Gasteiger partial charge < -0.3 is 5.11 Å². The molecule has 0 atom stereocenters. The van der Waals surface area contributed by atoms with Crippen LogP contribution in [0.25, 0.3) is 11.4 Å². The van der Waals surface area contributed by atoms with Gasteiger partial charge in [-0.05, 0) is 23.7 Å². The predicted molar refractivity (Wildman–Crippen MR) is 59.0 cm³/mol. The molecule has 0 unspecified atom stereocenters. The standard InChI is InChI=1S/C9H7BrN2OS/c10-7-3-1-2-6(4-7)9-11-8(5-13)14-12-9/h1-4,13H,5H2. The average molecular weight is 271 g/mol. The molecule has 72 valence electrons. The third-order valence-corrected chi connectivity index (χ3v) is 2.87. The second kappa shape index (κ2) is 4.16. The van der Waals surface area contributed by atoms with Gasteiger partial charge in [-0.1, -0.05) is 28.1 Å². The van der Waals surface area contributed by atoms with Crippen molar-refractivity contribution in [1.29, 1.82) is 0 Å². The number of aliphatic hydroxyl groups excluding tert-OH is 1. The molecule has 1 aromatic carbocycles. The number of hydrogen-bond donors (Lipinski definition) is 1. The van der Waals surface area contributed by atoms with Crippen LogP contribution in [-0.4, -0.2) is 14.5 Å². The van der Waals surface area contributed by atoms with E-state index in [0.29, 0.717) is 10.8 Å². The zero-order chi connectivity index (χ0) is 9.97. The maximum Gasteiger partial charge on any atom is 0.173 e. The van der Waals surface area contributed by atoms with Crippen LogP contribution in [0.5, 0.6) is 0 Å². The van der Waals surface area contributed by atoms with Crippen LogP contribution >= 0.6 is 27.5 Å². The smallest absolute Gasteiger partial charge is 0.173 e. The van der Waals surface area contributed by atoms with Gasteiger partial charge in [-0.3, -0.25) is 0 Å².